The summed E-state index contributed by atoms with van der Waals surface area (Å²) in [4.78, 5) is 2.39. The largest absolute Gasteiger partial charge is 0.310 e. The third kappa shape index (κ3) is 5.26. The van der Waals surface area contributed by atoms with Gasteiger partial charge in [-0.1, -0.05) is 146 Å². The van der Waals surface area contributed by atoms with Gasteiger partial charge in [-0.05, 0) is 91.8 Å². The van der Waals surface area contributed by atoms with E-state index < -0.39 is 0 Å². The van der Waals surface area contributed by atoms with E-state index >= 15 is 0 Å². The van der Waals surface area contributed by atoms with Gasteiger partial charge in [0.15, 0.2) is 0 Å². The van der Waals surface area contributed by atoms with Crippen LogP contribution in [0.15, 0.2) is 188 Å². The molecule has 0 saturated heterocycles. The lowest BCUT2D eigenvalue weighted by Crippen LogP contribution is -2.11. The first-order valence-corrected chi connectivity index (χ1v) is 15.4. The van der Waals surface area contributed by atoms with Crippen molar-refractivity contribution in [2.75, 3.05) is 4.90 Å². The van der Waals surface area contributed by atoms with E-state index in [1.165, 1.54) is 54.9 Å². The second-order valence-electron chi connectivity index (χ2n) is 11.4. The summed E-state index contributed by atoms with van der Waals surface area (Å²) in [5.74, 6) is 0. The van der Waals surface area contributed by atoms with Gasteiger partial charge in [-0.2, -0.15) is 0 Å². The van der Waals surface area contributed by atoms with Gasteiger partial charge in [0.05, 0.1) is 5.69 Å². The molecule has 0 bridgehead atoms. The fraction of sp³-hybridized carbons (Fsp3) is 0. The van der Waals surface area contributed by atoms with Gasteiger partial charge in [-0.25, -0.2) is 0 Å². The summed E-state index contributed by atoms with van der Waals surface area (Å²) in [7, 11) is 0. The van der Waals surface area contributed by atoms with E-state index in [2.05, 4.69) is 193 Å². The molecular formula is C44H31N. The minimum Gasteiger partial charge on any atom is -0.310 e. The van der Waals surface area contributed by atoms with Crippen molar-refractivity contribution in [3.8, 4) is 33.4 Å². The summed E-state index contributed by atoms with van der Waals surface area (Å²) in [6.45, 7) is 0. The second-order valence-corrected chi connectivity index (χ2v) is 11.4. The highest BCUT2D eigenvalue weighted by molar-refractivity contribution is 5.93. The van der Waals surface area contributed by atoms with Crippen LogP contribution in [-0.2, 0) is 0 Å². The smallest absolute Gasteiger partial charge is 0.0546 e. The Morgan fingerprint density at radius 1 is 0.267 bits per heavy atom. The lowest BCUT2D eigenvalue weighted by molar-refractivity contribution is 1.28. The van der Waals surface area contributed by atoms with Crippen LogP contribution in [0.1, 0.15) is 0 Å². The third-order valence-corrected chi connectivity index (χ3v) is 8.63. The number of para-hydroxylation sites is 1. The van der Waals surface area contributed by atoms with Crippen molar-refractivity contribution in [3.63, 3.8) is 0 Å². The Bertz CT molecular complexity index is 2250. The molecule has 212 valence electrons. The number of rotatable bonds is 6. The average molecular weight is 574 g/mol. The van der Waals surface area contributed by atoms with Crippen molar-refractivity contribution in [2.24, 2.45) is 0 Å². The maximum atomic E-state index is 2.39. The van der Waals surface area contributed by atoms with Crippen LogP contribution >= 0.6 is 0 Å². The molecule has 0 fully saturated rings. The third-order valence-electron chi connectivity index (χ3n) is 8.63. The SMILES string of the molecule is c1ccc(-c2ccc(-c3ccc4ccccc4c3)cc2N(c2ccccc2)c2ccc(-c3ccc4ccccc4c3)cc2)cc1. The zero-order valence-electron chi connectivity index (χ0n) is 24.8. The lowest BCUT2D eigenvalue weighted by Gasteiger charge is -2.29. The van der Waals surface area contributed by atoms with Gasteiger partial charge < -0.3 is 4.90 Å². The molecule has 0 saturated carbocycles. The first-order chi connectivity index (χ1) is 22.3. The highest BCUT2D eigenvalue weighted by Crippen LogP contribution is 2.43. The first-order valence-electron chi connectivity index (χ1n) is 15.4. The summed E-state index contributed by atoms with van der Waals surface area (Å²) < 4.78 is 0. The summed E-state index contributed by atoms with van der Waals surface area (Å²) in [5, 5.41) is 5.00. The Morgan fingerprint density at radius 2 is 0.711 bits per heavy atom. The molecule has 0 aliphatic carbocycles. The van der Waals surface area contributed by atoms with Crippen LogP contribution in [0, 0.1) is 0 Å². The standard InChI is InChI=1S/C44H31N/c1-3-13-35(14-4-1)43-28-25-40(39-22-20-33-12-8-10-16-37(33)30-39)31-44(43)45(41-17-5-2-6-18-41)42-26-23-34(24-27-42)38-21-19-32-11-7-9-15-36(32)29-38/h1-31H. The van der Waals surface area contributed by atoms with Crippen LogP contribution in [0.2, 0.25) is 0 Å². The van der Waals surface area contributed by atoms with Gasteiger partial charge in [-0.15, -0.1) is 0 Å². The maximum absolute atomic E-state index is 2.39. The van der Waals surface area contributed by atoms with Gasteiger partial charge >= 0.3 is 0 Å². The van der Waals surface area contributed by atoms with Crippen LogP contribution in [0.25, 0.3) is 54.9 Å². The van der Waals surface area contributed by atoms with Crippen LogP contribution in [0.4, 0.5) is 17.1 Å². The monoisotopic (exact) mass is 573 g/mol. The number of nitrogens with zero attached hydrogens (tertiary/aromatic N) is 1. The van der Waals surface area contributed by atoms with E-state index in [0.717, 1.165) is 17.1 Å². The predicted octanol–water partition coefficient (Wildman–Crippen LogP) is 12.5. The molecule has 1 heteroatoms. The van der Waals surface area contributed by atoms with Crippen molar-refractivity contribution >= 4 is 38.6 Å². The van der Waals surface area contributed by atoms with Crippen LogP contribution in [0.3, 0.4) is 0 Å². The predicted molar refractivity (Wildman–Crippen MR) is 192 cm³/mol. The van der Waals surface area contributed by atoms with Gasteiger partial charge in [-0.3, -0.25) is 0 Å². The molecule has 0 heterocycles. The van der Waals surface area contributed by atoms with Crippen molar-refractivity contribution in [3.05, 3.63) is 188 Å². The van der Waals surface area contributed by atoms with E-state index in [1.54, 1.807) is 0 Å². The Kier molecular flexibility index (Phi) is 6.90. The molecule has 0 aromatic heterocycles. The Balaban J connectivity index is 1.28. The van der Waals surface area contributed by atoms with E-state index in [0.29, 0.717) is 0 Å². The number of benzene rings is 8. The summed E-state index contributed by atoms with van der Waals surface area (Å²) in [6, 6.07) is 67.7. The number of anilines is 3. The number of fused-ring (bicyclic) bond motifs is 2. The highest BCUT2D eigenvalue weighted by Gasteiger charge is 2.18. The zero-order chi connectivity index (χ0) is 30.0. The molecule has 45 heavy (non-hydrogen) atoms. The highest BCUT2D eigenvalue weighted by atomic mass is 15.1. The summed E-state index contributed by atoms with van der Waals surface area (Å²) >= 11 is 0. The number of hydrogen-bond acceptors (Lipinski definition) is 1. The van der Waals surface area contributed by atoms with Gasteiger partial charge in [0.2, 0.25) is 0 Å². The minimum atomic E-state index is 1.11. The Labute approximate surface area is 264 Å². The van der Waals surface area contributed by atoms with Crippen molar-refractivity contribution in [1.82, 2.24) is 0 Å². The maximum Gasteiger partial charge on any atom is 0.0546 e. The fourth-order valence-electron chi connectivity index (χ4n) is 6.30. The molecule has 0 spiro atoms. The summed E-state index contributed by atoms with van der Waals surface area (Å²) in [6.07, 6.45) is 0. The number of hydrogen-bond donors (Lipinski definition) is 0. The zero-order valence-corrected chi connectivity index (χ0v) is 24.8. The summed E-state index contributed by atoms with van der Waals surface area (Å²) in [5.41, 5.74) is 10.5. The van der Waals surface area contributed by atoms with Crippen LogP contribution < -0.4 is 4.90 Å². The molecule has 0 unspecified atom stereocenters. The molecular weight excluding hydrogens is 542 g/mol. The van der Waals surface area contributed by atoms with Crippen LogP contribution in [-0.4, -0.2) is 0 Å². The molecule has 1 nitrogen and oxygen atoms in total. The molecule has 0 aliphatic heterocycles. The van der Waals surface area contributed by atoms with Crippen molar-refractivity contribution < 1.29 is 0 Å². The normalized spacial score (nSPS) is 11.1. The average Bonchev–Trinajstić information content (AvgIpc) is 3.12. The van der Waals surface area contributed by atoms with Crippen LogP contribution in [0.5, 0.6) is 0 Å². The van der Waals surface area contributed by atoms with E-state index in [-0.39, 0.29) is 0 Å². The molecule has 0 amide bonds. The molecule has 8 aromatic carbocycles. The Morgan fingerprint density at radius 3 is 1.33 bits per heavy atom. The Hall–Kier alpha value is -5.92. The quantitative estimate of drug-likeness (QED) is 0.191. The molecule has 0 atom stereocenters. The van der Waals surface area contributed by atoms with Gasteiger partial charge in [0.25, 0.3) is 0 Å². The van der Waals surface area contributed by atoms with E-state index in [4.69, 9.17) is 0 Å². The molecule has 0 aliphatic rings. The lowest BCUT2D eigenvalue weighted by atomic mass is 9.95. The molecule has 8 rings (SSSR count). The first kappa shape index (κ1) is 26.7. The van der Waals surface area contributed by atoms with E-state index in [1.807, 2.05) is 0 Å². The van der Waals surface area contributed by atoms with Crippen molar-refractivity contribution in [2.45, 2.75) is 0 Å². The van der Waals surface area contributed by atoms with Crippen molar-refractivity contribution in [1.29, 1.82) is 0 Å². The topological polar surface area (TPSA) is 3.24 Å². The minimum absolute atomic E-state index is 1.11. The second kappa shape index (κ2) is 11.6. The van der Waals surface area contributed by atoms with Gasteiger partial charge in [0.1, 0.15) is 0 Å². The molecule has 0 N–H and O–H groups in total. The van der Waals surface area contributed by atoms with Gasteiger partial charge in [0, 0.05) is 16.9 Å². The van der Waals surface area contributed by atoms with E-state index in [9.17, 15) is 0 Å². The fourth-order valence-corrected chi connectivity index (χ4v) is 6.30. The molecule has 0 radical (unpaired) electrons. The molecule has 8 aromatic rings.